The van der Waals surface area contributed by atoms with Crippen molar-refractivity contribution >= 4 is 35.6 Å². The summed E-state index contributed by atoms with van der Waals surface area (Å²) in [4.78, 5) is 14.0. The number of nitrogens with zero attached hydrogens (tertiary/aromatic N) is 1. The predicted octanol–water partition coefficient (Wildman–Crippen LogP) is 1.82. The van der Waals surface area contributed by atoms with Crippen LogP contribution in [0.3, 0.4) is 0 Å². The monoisotopic (exact) mass is 333 g/mol. The fourth-order valence-corrected chi connectivity index (χ4v) is 2.76. The minimum atomic E-state index is -0.406. The third-order valence-electron chi connectivity index (χ3n) is 3.96. The van der Waals surface area contributed by atoms with Crippen LogP contribution in [0.1, 0.15) is 6.42 Å². The highest BCUT2D eigenvalue weighted by atomic mass is 35.5. The maximum Gasteiger partial charge on any atom is 0.225 e. The van der Waals surface area contributed by atoms with Crippen molar-refractivity contribution in [3.05, 3.63) is 29.0 Å². The number of benzene rings is 1. The standard InChI is InChI=1S/C14H17ClFN3O.ClH/c15-12-5-11(1-2-13(12)16)19-4-3-10(8-19)18-14(20)9-6-17-7-9;/h1-2,5,9-10,17H,3-4,6-8H2,(H,18,20);1H. The molecular formula is C14H18Cl2FN3O. The largest absolute Gasteiger partial charge is 0.369 e. The van der Waals surface area contributed by atoms with Crippen LogP contribution in [0.25, 0.3) is 0 Å². The van der Waals surface area contributed by atoms with E-state index >= 15 is 0 Å². The van der Waals surface area contributed by atoms with Crippen molar-refractivity contribution in [2.24, 2.45) is 5.92 Å². The summed E-state index contributed by atoms with van der Waals surface area (Å²) >= 11 is 5.80. The normalized spacial score (nSPS) is 21.6. The van der Waals surface area contributed by atoms with E-state index in [9.17, 15) is 9.18 Å². The summed E-state index contributed by atoms with van der Waals surface area (Å²) in [5.41, 5.74) is 0.901. The number of carbonyl (C=O) groups is 1. The molecule has 0 aromatic heterocycles. The molecule has 0 bridgehead atoms. The van der Waals surface area contributed by atoms with E-state index in [0.717, 1.165) is 38.3 Å². The van der Waals surface area contributed by atoms with Crippen LogP contribution in [0.4, 0.5) is 10.1 Å². The van der Waals surface area contributed by atoms with Gasteiger partial charge in [-0.15, -0.1) is 12.4 Å². The molecular weight excluding hydrogens is 316 g/mol. The smallest absolute Gasteiger partial charge is 0.225 e. The molecule has 1 atom stereocenters. The molecule has 1 aromatic rings. The van der Waals surface area contributed by atoms with Crippen molar-refractivity contribution in [1.82, 2.24) is 10.6 Å². The van der Waals surface area contributed by atoms with Gasteiger partial charge in [0.1, 0.15) is 5.82 Å². The summed E-state index contributed by atoms with van der Waals surface area (Å²) < 4.78 is 13.2. The number of halogens is 3. The van der Waals surface area contributed by atoms with Crippen molar-refractivity contribution in [1.29, 1.82) is 0 Å². The van der Waals surface area contributed by atoms with Crippen molar-refractivity contribution < 1.29 is 9.18 Å². The number of hydrogen-bond acceptors (Lipinski definition) is 3. The van der Waals surface area contributed by atoms with Gasteiger partial charge in [-0.3, -0.25) is 4.79 Å². The van der Waals surface area contributed by atoms with Gasteiger partial charge in [-0.25, -0.2) is 4.39 Å². The van der Waals surface area contributed by atoms with Crippen LogP contribution < -0.4 is 15.5 Å². The highest BCUT2D eigenvalue weighted by Gasteiger charge is 2.29. The molecule has 2 heterocycles. The van der Waals surface area contributed by atoms with Gasteiger partial charge in [-0.1, -0.05) is 11.6 Å². The fraction of sp³-hybridized carbons (Fsp3) is 0.500. The first kappa shape index (κ1) is 16.3. The third-order valence-corrected chi connectivity index (χ3v) is 4.24. The molecule has 0 saturated carbocycles. The predicted molar refractivity (Wildman–Crippen MR) is 83.8 cm³/mol. The molecule has 2 N–H and O–H groups in total. The van der Waals surface area contributed by atoms with E-state index in [1.165, 1.54) is 6.07 Å². The number of rotatable bonds is 3. The highest BCUT2D eigenvalue weighted by molar-refractivity contribution is 6.31. The topological polar surface area (TPSA) is 44.4 Å². The Morgan fingerprint density at radius 1 is 1.43 bits per heavy atom. The number of hydrogen-bond donors (Lipinski definition) is 2. The average molecular weight is 334 g/mol. The van der Waals surface area contributed by atoms with Gasteiger partial charge in [0.2, 0.25) is 5.91 Å². The van der Waals surface area contributed by atoms with E-state index in [-0.39, 0.29) is 35.3 Å². The van der Waals surface area contributed by atoms with E-state index in [4.69, 9.17) is 11.6 Å². The third kappa shape index (κ3) is 3.59. The minimum absolute atomic E-state index is 0. The van der Waals surface area contributed by atoms with Crippen molar-refractivity contribution in [2.45, 2.75) is 12.5 Å². The fourth-order valence-electron chi connectivity index (χ4n) is 2.59. The lowest BCUT2D eigenvalue weighted by atomic mass is 10.0. The van der Waals surface area contributed by atoms with Crippen LogP contribution in [0.5, 0.6) is 0 Å². The summed E-state index contributed by atoms with van der Waals surface area (Å²) in [7, 11) is 0. The zero-order valence-electron chi connectivity index (χ0n) is 11.4. The molecule has 21 heavy (non-hydrogen) atoms. The molecule has 116 valence electrons. The van der Waals surface area contributed by atoms with Crippen LogP contribution in [-0.2, 0) is 4.79 Å². The van der Waals surface area contributed by atoms with E-state index in [2.05, 4.69) is 15.5 Å². The summed E-state index contributed by atoms with van der Waals surface area (Å²) in [5, 5.41) is 6.31. The second kappa shape index (κ2) is 6.81. The lowest BCUT2D eigenvalue weighted by Crippen LogP contribution is -2.53. The Bertz CT molecular complexity index is 525. The average Bonchev–Trinajstić information content (AvgIpc) is 2.78. The van der Waals surface area contributed by atoms with Crippen molar-refractivity contribution in [3.8, 4) is 0 Å². The van der Waals surface area contributed by atoms with Crippen LogP contribution in [-0.4, -0.2) is 38.1 Å². The molecule has 1 unspecified atom stereocenters. The first-order chi connectivity index (χ1) is 9.63. The number of carbonyl (C=O) groups excluding carboxylic acids is 1. The lowest BCUT2D eigenvalue weighted by molar-refractivity contribution is -0.127. The molecule has 1 aromatic carbocycles. The quantitative estimate of drug-likeness (QED) is 0.886. The van der Waals surface area contributed by atoms with Crippen LogP contribution in [0, 0.1) is 11.7 Å². The van der Waals surface area contributed by atoms with E-state index < -0.39 is 5.82 Å². The second-order valence-corrected chi connectivity index (χ2v) is 5.80. The molecule has 2 saturated heterocycles. The van der Waals surface area contributed by atoms with Crippen molar-refractivity contribution in [3.63, 3.8) is 0 Å². The molecule has 0 aliphatic carbocycles. The summed E-state index contributed by atoms with van der Waals surface area (Å²) in [6.07, 6.45) is 0.904. The number of nitrogens with one attached hydrogen (secondary N) is 2. The van der Waals surface area contributed by atoms with Gasteiger partial charge in [-0.2, -0.15) is 0 Å². The Balaban J connectivity index is 0.00000161. The Hall–Kier alpha value is -1.04. The molecule has 2 fully saturated rings. The number of anilines is 1. The van der Waals surface area contributed by atoms with Crippen molar-refractivity contribution in [2.75, 3.05) is 31.1 Å². The zero-order chi connectivity index (χ0) is 14.1. The van der Waals surface area contributed by atoms with Crippen LogP contribution >= 0.6 is 24.0 Å². The summed E-state index contributed by atoms with van der Waals surface area (Å²) in [5.74, 6) is -0.158. The van der Waals surface area contributed by atoms with Gasteiger partial charge in [0, 0.05) is 37.9 Å². The molecule has 4 nitrogen and oxygen atoms in total. The first-order valence-corrected chi connectivity index (χ1v) is 7.22. The van der Waals surface area contributed by atoms with Gasteiger partial charge in [0.05, 0.1) is 10.9 Å². The molecule has 2 aliphatic rings. The number of amides is 1. The Kier molecular flexibility index (Phi) is 5.30. The minimum Gasteiger partial charge on any atom is -0.369 e. The lowest BCUT2D eigenvalue weighted by Gasteiger charge is -2.27. The summed E-state index contributed by atoms with van der Waals surface area (Å²) in [6.45, 7) is 3.13. The van der Waals surface area contributed by atoms with Gasteiger partial charge in [0.25, 0.3) is 0 Å². The molecule has 2 aliphatic heterocycles. The van der Waals surface area contributed by atoms with E-state index in [1.54, 1.807) is 12.1 Å². The molecule has 0 spiro atoms. The SMILES string of the molecule is Cl.O=C(NC1CCN(c2ccc(F)c(Cl)c2)C1)C1CNC1. The maximum atomic E-state index is 13.2. The highest BCUT2D eigenvalue weighted by Crippen LogP contribution is 2.25. The van der Waals surface area contributed by atoms with Crippen LogP contribution in [0.2, 0.25) is 5.02 Å². The van der Waals surface area contributed by atoms with Gasteiger partial charge in [-0.05, 0) is 24.6 Å². The van der Waals surface area contributed by atoms with E-state index in [0.29, 0.717) is 0 Å². The Labute approximate surface area is 134 Å². The zero-order valence-corrected chi connectivity index (χ0v) is 13.0. The van der Waals surface area contributed by atoms with Gasteiger partial charge >= 0.3 is 0 Å². The molecule has 7 heteroatoms. The molecule has 1 amide bonds. The summed E-state index contributed by atoms with van der Waals surface area (Å²) in [6, 6.07) is 4.90. The maximum absolute atomic E-state index is 13.2. The van der Waals surface area contributed by atoms with E-state index in [1.807, 2.05) is 0 Å². The second-order valence-electron chi connectivity index (χ2n) is 5.39. The molecule has 3 rings (SSSR count). The van der Waals surface area contributed by atoms with Gasteiger partial charge < -0.3 is 15.5 Å². The van der Waals surface area contributed by atoms with Gasteiger partial charge in [0.15, 0.2) is 0 Å². The van der Waals surface area contributed by atoms with Crippen LogP contribution in [0.15, 0.2) is 18.2 Å². The Morgan fingerprint density at radius 2 is 2.19 bits per heavy atom. The first-order valence-electron chi connectivity index (χ1n) is 6.84. The molecule has 0 radical (unpaired) electrons. The Morgan fingerprint density at radius 3 is 2.81 bits per heavy atom.